The molecule has 0 aliphatic carbocycles. The summed E-state index contributed by atoms with van der Waals surface area (Å²) in [5.74, 6) is -4.18. The Morgan fingerprint density at radius 2 is 1.90 bits per heavy atom. The number of halogens is 4. The lowest BCUT2D eigenvalue weighted by Crippen LogP contribution is -2.36. The van der Waals surface area contributed by atoms with E-state index < -0.39 is 47.6 Å². The molecule has 0 fully saturated rings. The SMILES string of the molecule is O=C(NCC(O)C(=O)O)c1ccc(F)c(C(F)(F)F)c1. The molecule has 1 rings (SSSR count). The van der Waals surface area contributed by atoms with Crippen LogP contribution in [0.1, 0.15) is 15.9 Å². The minimum absolute atomic E-state index is 0.303. The molecule has 110 valence electrons. The van der Waals surface area contributed by atoms with E-state index in [2.05, 4.69) is 0 Å². The average molecular weight is 295 g/mol. The number of rotatable bonds is 4. The normalized spacial score (nSPS) is 12.8. The van der Waals surface area contributed by atoms with Crippen molar-refractivity contribution in [2.24, 2.45) is 0 Å². The molecule has 0 saturated carbocycles. The summed E-state index contributed by atoms with van der Waals surface area (Å²) in [6.45, 7) is -0.688. The summed E-state index contributed by atoms with van der Waals surface area (Å²) in [6.07, 6.45) is -6.84. The minimum atomic E-state index is -4.96. The van der Waals surface area contributed by atoms with E-state index in [9.17, 15) is 27.2 Å². The van der Waals surface area contributed by atoms with Gasteiger partial charge in [-0.25, -0.2) is 9.18 Å². The zero-order valence-electron chi connectivity index (χ0n) is 9.74. The van der Waals surface area contributed by atoms with E-state index in [1.807, 2.05) is 5.32 Å². The number of aliphatic carboxylic acids is 1. The van der Waals surface area contributed by atoms with Crippen LogP contribution in [0.4, 0.5) is 17.6 Å². The fraction of sp³-hybridized carbons (Fsp3) is 0.273. The van der Waals surface area contributed by atoms with Crippen LogP contribution in [0.3, 0.4) is 0 Å². The molecule has 0 aliphatic rings. The number of carbonyl (C=O) groups excluding carboxylic acids is 1. The molecule has 1 atom stereocenters. The summed E-state index contributed by atoms with van der Waals surface area (Å²) in [7, 11) is 0. The third-order valence-corrected chi connectivity index (χ3v) is 2.27. The highest BCUT2D eigenvalue weighted by Crippen LogP contribution is 2.31. The zero-order valence-corrected chi connectivity index (χ0v) is 9.74. The second-order valence-electron chi connectivity index (χ2n) is 3.76. The predicted molar refractivity (Wildman–Crippen MR) is 57.4 cm³/mol. The molecule has 3 N–H and O–H groups in total. The molecule has 0 radical (unpaired) electrons. The Morgan fingerprint density at radius 3 is 2.40 bits per heavy atom. The number of amides is 1. The number of hydrogen-bond donors (Lipinski definition) is 3. The van der Waals surface area contributed by atoms with Crippen molar-refractivity contribution in [1.29, 1.82) is 0 Å². The van der Waals surface area contributed by atoms with Crippen molar-refractivity contribution >= 4 is 11.9 Å². The average Bonchev–Trinajstić information content (AvgIpc) is 2.34. The van der Waals surface area contributed by atoms with Crippen LogP contribution in [0, 0.1) is 5.82 Å². The van der Waals surface area contributed by atoms with Crippen molar-refractivity contribution in [3.63, 3.8) is 0 Å². The highest BCUT2D eigenvalue weighted by Gasteiger charge is 2.34. The van der Waals surface area contributed by atoms with Crippen LogP contribution >= 0.6 is 0 Å². The molecular formula is C11H9F4NO4. The van der Waals surface area contributed by atoms with Gasteiger partial charge < -0.3 is 15.5 Å². The quantitative estimate of drug-likeness (QED) is 0.724. The van der Waals surface area contributed by atoms with Gasteiger partial charge in [0.05, 0.1) is 12.1 Å². The number of hydrogen-bond acceptors (Lipinski definition) is 3. The fourth-order valence-corrected chi connectivity index (χ4v) is 1.26. The Labute approximate surface area is 109 Å². The molecule has 0 aromatic heterocycles. The zero-order chi connectivity index (χ0) is 15.5. The second kappa shape index (κ2) is 5.87. The lowest BCUT2D eigenvalue weighted by molar-refractivity contribution is -0.146. The fourth-order valence-electron chi connectivity index (χ4n) is 1.26. The molecule has 1 aromatic carbocycles. The van der Waals surface area contributed by atoms with Crippen LogP contribution in [0.25, 0.3) is 0 Å². The number of carboxylic acid groups (broad SMARTS) is 1. The standard InChI is InChI=1S/C11H9F4NO4/c12-7-2-1-5(3-6(7)11(13,14)15)9(18)16-4-8(17)10(19)20/h1-3,8,17H,4H2,(H,16,18)(H,19,20). The maximum absolute atomic E-state index is 13.0. The largest absolute Gasteiger partial charge is 0.479 e. The van der Waals surface area contributed by atoms with Gasteiger partial charge in [-0.1, -0.05) is 0 Å². The molecule has 0 saturated heterocycles. The first kappa shape index (κ1) is 15.9. The van der Waals surface area contributed by atoms with E-state index in [4.69, 9.17) is 10.2 Å². The van der Waals surface area contributed by atoms with Crippen molar-refractivity contribution in [2.45, 2.75) is 12.3 Å². The lowest BCUT2D eigenvalue weighted by Gasteiger charge is -2.11. The molecule has 1 amide bonds. The maximum Gasteiger partial charge on any atom is 0.419 e. The number of aliphatic hydroxyl groups is 1. The second-order valence-corrected chi connectivity index (χ2v) is 3.76. The molecule has 5 nitrogen and oxygen atoms in total. The third-order valence-electron chi connectivity index (χ3n) is 2.27. The molecular weight excluding hydrogens is 286 g/mol. The minimum Gasteiger partial charge on any atom is -0.479 e. The van der Waals surface area contributed by atoms with Crippen LogP contribution in [0.2, 0.25) is 0 Å². The van der Waals surface area contributed by atoms with Gasteiger partial charge in [0.25, 0.3) is 5.91 Å². The predicted octanol–water partition coefficient (Wildman–Crippen LogP) is 1.02. The van der Waals surface area contributed by atoms with E-state index in [0.717, 1.165) is 6.07 Å². The Balaban J connectivity index is 2.87. The van der Waals surface area contributed by atoms with Gasteiger partial charge in [0.15, 0.2) is 6.10 Å². The van der Waals surface area contributed by atoms with Crippen LogP contribution in [-0.4, -0.2) is 34.7 Å². The Bertz CT molecular complexity index is 530. The van der Waals surface area contributed by atoms with E-state index in [0.29, 0.717) is 12.1 Å². The summed E-state index contributed by atoms with van der Waals surface area (Å²) >= 11 is 0. The first-order chi connectivity index (χ1) is 9.12. The first-order valence-electron chi connectivity index (χ1n) is 5.18. The van der Waals surface area contributed by atoms with Crippen molar-refractivity contribution in [2.75, 3.05) is 6.54 Å². The molecule has 0 aliphatic heterocycles. The van der Waals surface area contributed by atoms with Gasteiger partial charge in [0.1, 0.15) is 5.82 Å². The topological polar surface area (TPSA) is 86.6 Å². The Morgan fingerprint density at radius 1 is 1.30 bits per heavy atom. The molecule has 0 bridgehead atoms. The third kappa shape index (κ3) is 3.92. The number of alkyl halides is 3. The number of aliphatic hydroxyl groups excluding tert-OH is 1. The molecule has 20 heavy (non-hydrogen) atoms. The summed E-state index contributed by atoms with van der Waals surface area (Å²) in [5.41, 5.74) is -2.11. The summed E-state index contributed by atoms with van der Waals surface area (Å²) in [4.78, 5) is 21.7. The number of carbonyl (C=O) groups is 2. The highest BCUT2D eigenvalue weighted by molar-refractivity contribution is 5.94. The molecule has 0 spiro atoms. The smallest absolute Gasteiger partial charge is 0.419 e. The number of nitrogens with one attached hydrogen (secondary N) is 1. The van der Waals surface area contributed by atoms with E-state index in [1.165, 1.54) is 0 Å². The molecule has 9 heteroatoms. The van der Waals surface area contributed by atoms with Crippen molar-refractivity contribution in [3.8, 4) is 0 Å². The Hall–Kier alpha value is -2.16. The van der Waals surface area contributed by atoms with E-state index in [1.54, 1.807) is 0 Å². The van der Waals surface area contributed by atoms with Gasteiger partial charge in [-0.3, -0.25) is 4.79 Å². The van der Waals surface area contributed by atoms with Gasteiger partial charge in [-0.15, -0.1) is 0 Å². The van der Waals surface area contributed by atoms with Crippen molar-refractivity contribution in [3.05, 3.63) is 35.1 Å². The first-order valence-corrected chi connectivity index (χ1v) is 5.18. The molecule has 0 heterocycles. The van der Waals surface area contributed by atoms with Crippen LogP contribution < -0.4 is 5.32 Å². The van der Waals surface area contributed by atoms with Gasteiger partial charge in [0, 0.05) is 5.56 Å². The summed E-state index contributed by atoms with van der Waals surface area (Å²) < 4.78 is 50.2. The van der Waals surface area contributed by atoms with E-state index >= 15 is 0 Å². The lowest BCUT2D eigenvalue weighted by atomic mass is 10.1. The van der Waals surface area contributed by atoms with Crippen molar-refractivity contribution < 1.29 is 37.4 Å². The maximum atomic E-state index is 13.0. The summed E-state index contributed by atoms with van der Waals surface area (Å²) in [5, 5.41) is 19.2. The van der Waals surface area contributed by atoms with Gasteiger partial charge in [-0.2, -0.15) is 13.2 Å². The highest BCUT2D eigenvalue weighted by atomic mass is 19.4. The Kier molecular flexibility index (Phi) is 4.66. The van der Waals surface area contributed by atoms with E-state index in [-0.39, 0.29) is 0 Å². The monoisotopic (exact) mass is 295 g/mol. The molecule has 1 unspecified atom stereocenters. The van der Waals surface area contributed by atoms with Gasteiger partial charge in [0.2, 0.25) is 0 Å². The van der Waals surface area contributed by atoms with Crippen LogP contribution in [-0.2, 0) is 11.0 Å². The van der Waals surface area contributed by atoms with Crippen LogP contribution in [0.15, 0.2) is 18.2 Å². The van der Waals surface area contributed by atoms with Crippen LogP contribution in [0.5, 0.6) is 0 Å². The summed E-state index contributed by atoms with van der Waals surface area (Å²) in [6, 6.07) is 1.59. The van der Waals surface area contributed by atoms with Gasteiger partial charge >= 0.3 is 12.1 Å². The van der Waals surface area contributed by atoms with Crippen molar-refractivity contribution in [1.82, 2.24) is 5.32 Å². The number of carboxylic acids is 1. The molecule has 1 aromatic rings. The van der Waals surface area contributed by atoms with Gasteiger partial charge in [-0.05, 0) is 18.2 Å². The number of benzene rings is 1.